The van der Waals surface area contributed by atoms with Crippen LogP contribution in [0.25, 0.3) is 0 Å². The number of benzene rings is 2. The van der Waals surface area contributed by atoms with Crippen LogP contribution in [0.4, 0.5) is 18.9 Å². The zero-order valence-corrected chi connectivity index (χ0v) is 15.5. The number of hydrogen-bond acceptors (Lipinski definition) is 3. The van der Waals surface area contributed by atoms with E-state index in [0.717, 1.165) is 17.7 Å². The number of ether oxygens (including phenoxy) is 1. The maximum atomic E-state index is 12.9. The highest BCUT2D eigenvalue weighted by molar-refractivity contribution is 5.92. The lowest BCUT2D eigenvalue weighted by atomic mass is 10.2. The number of rotatable bonds is 7. The second-order valence-electron chi connectivity index (χ2n) is 6.06. The molecular formula is C20H21F3N2O3. The van der Waals surface area contributed by atoms with Crippen LogP contribution in [0, 0.1) is 0 Å². The molecule has 0 radical (unpaired) electrons. The smallest absolute Gasteiger partial charge is 0.419 e. The minimum absolute atomic E-state index is 0.0614. The number of halogens is 3. The summed E-state index contributed by atoms with van der Waals surface area (Å²) in [6, 6.07) is 11.6. The molecule has 0 atom stereocenters. The normalized spacial score (nSPS) is 11.0. The minimum atomic E-state index is -4.57. The van der Waals surface area contributed by atoms with Gasteiger partial charge in [0.15, 0.2) is 6.61 Å². The van der Waals surface area contributed by atoms with Crippen LogP contribution in [0.1, 0.15) is 25.0 Å². The quantitative estimate of drug-likeness (QED) is 0.770. The monoisotopic (exact) mass is 394 g/mol. The SMILES string of the molecule is CCN(Cc1cccc(NC(=O)COc2ccccc2C(F)(F)F)c1)C(C)=O. The van der Waals surface area contributed by atoms with Crippen LogP contribution in [-0.4, -0.2) is 29.9 Å². The van der Waals surface area contributed by atoms with Crippen molar-refractivity contribution in [2.75, 3.05) is 18.5 Å². The molecule has 0 saturated heterocycles. The van der Waals surface area contributed by atoms with Gasteiger partial charge < -0.3 is 15.0 Å². The number of hydrogen-bond donors (Lipinski definition) is 1. The van der Waals surface area contributed by atoms with Crippen molar-refractivity contribution in [2.45, 2.75) is 26.6 Å². The average molecular weight is 394 g/mol. The van der Waals surface area contributed by atoms with Crippen molar-refractivity contribution in [3.63, 3.8) is 0 Å². The molecule has 0 aliphatic rings. The molecule has 28 heavy (non-hydrogen) atoms. The molecule has 0 heterocycles. The van der Waals surface area contributed by atoms with Crippen LogP contribution in [-0.2, 0) is 22.3 Å². The Hall–Kier alpha value is -3.03. The van der Waals surface area contributed by atoms with Crippen LogP contribution < -0.4 is 10.1 Å². The molecule has 0 saturated carbocycles. The fourth-order valence-corrected chi connectivity index (χ4v) is 2.58. The summed E-state index contributed by atoms with van der Waals surface area (Å²) in [6.45, 7) is 3.73. The molecule has 1 N–H and O–H groups in total. The Labute approximate surface area is 161 Å². The Morgan fingerprint density at radius 3 is 2.46 bits per heavy atom. The Kier molecular flexibility index (Phi) is 7.03. The second-order valence-corrected chi connectivity index (χ2v) is 6.06. The van der Waals surface area contributed by atoms with Crippen molar-refractivity contribution < 1.29 is 27.5 Å². The van der Waals surface area contributed by atoms with Gasteiger partial charge in [-0.3, -0.25) is 9.59 Å². The molecule has 0 bridgehead atoms. The van der Waals surface area contributed by atoms with Crippen molar-refractivity contribution in [3.8, 4) is 5.75 Å². The number of anilines is 1. The van der Waals surface area contributed by atoms with Gasteiger partial charge in [0.1, 0.15) is 5.75 Å². The molecule has 5 nitrogen and oxygen atoms in total. The number of nitrogens with zero attached hydrogens (tertiary/aromatic N) is 1. The number of carbonyl (C=O) groups is 2. The Morgan fingerprint density at radius 2 is 1.82 bits per heavy atom. The van der Waals surface area contributed by atoms with E-state index in [-0.39, 0.29) is 5.91 Å². The van der Waals surface area contributed by atoms with E-state index in [9.17, 15) is 22.8 Å². The van der Waals surface area contributed by atoms with Gasteiger partial charge in [-0.2, -0.15) is 13.2 Å². The summed E-state index contributed by atoms with van der Waals surface area (Å²) in [5.74, 6) is -1.05. The van der Waals surface area contributed by atoms with Gasteiger partial charge >= 0.3 is 6.18 Å². The molecule has 0 aliphatic carbocycles. The first-order valence-electron chi connectivity index (χ1n) is 8.64. The topological polar surface area (TPSA) is 58.6 Å². The zero-order chi connectivity index (χ0) is 20.7. The van der Waals surface area contributed by atoms with E-state index in [0.29, 0.717) is 18.8 Å². The predicted molar refractivity (Wildman–Crippen MR) is 98.8 cm³/mol. The Morgan fingerprint density at radius 1 is 1.11 bits per heavy atom. The maximum absolute atomic E-state index is 12.9. The predicted octanol–water partition coefficient (Wildman–Crippen LogP) is 4.09. The van der Waals surface area contributed by atoms with E-state index in [1.807, 2.05) is 13.0 Å². The minimum Gasteiger partial charge on any atom is -0.483 e. The van der Waals surface area contributed by atoms with Gasteiger partial charge in [0.25, 0.3) is 5.91 Å². The van der Waals surface area contributed by atoms with Gasteiger partial charge in [0, 0.05) is 25.7 Å². The molecule has 2 aromatic carbocycles. The summed E-state index contributed by atoms with van der Waals surface area (Å²) in [6.07, 6.45) is -4.57. The third kappa shape index (κ3) is 6.00. The van der Waals surface area contributed by atoms with Gasteiger partial charge in [-0.15, -0.1) is 0 Å². The first-order valence-corrected chi connectivity index (χ1v) is 8.64. The number of nitrogens with one attached hydrogen (secondary N) is 1. The Balaban J connectivity index is 1.99. The first-order chi connectivity index (χ1) is 13.2. The van der Waals surface area contributed by atoms with E-state index in [4.69, 9.17) is 4.74 Å². The van der Waals surface area contributed by atoms with Crippen LogP contribution in [0.15, 0.2) is 48.5 Å². The Bertz CT molecular complexity index is 837. The van der Waals surface area contributed by atoms with Crippen LogP contribution in [0.5, 0.6) is 5.75 Å². The highest BCUT2D eigenvalue weighted by Crippen LogP contribution is 2.35. The first kappa shape index (κ1) is 21.3. The van der Waals surface area contributed by atoms with Gasteiger partial charge in [0.05, 0.1) is 5.56 Å². The lowest BCUT2D eigenvalue weighted by Gasteiger charge is -2.19. The summed E-state index contributed by atoms with van der Waals surface area (Å²) >= 11 is 0. The molecule has 2 rings (SSSR count). The number of alkyl halides is 3. The molecule has 2 amide bonds. The van der Waals surface area contributed by atoms with Crippen LogP contribution in [0.2, 0.25) is 0 Å². The molecule has 0 aliphatic heterocycles. The fraction of sp³-hybridized carbons (Fsp3) is 0.300. The summed E-state index contributed by atoms with van der Waals surface area (Å²) in [4.78, 5) is 25.2. The van der Waals surface area contributed by atoms with Crippen LogP contribution >= 0.6 is 0 Å². The number of carbonyl (C=O) groups excluding carboxylic acids is 2. The van der Waals surface area contributed by atoms with Gasteiger partial charge in [-0.25, -0.2) is 0 Å². The van der Waals surface area contributed by atoms with Gasteiger partial charge in [0.2, 0.25) is 5.91 Å². The third-order valence-electron chi connectivity index (χ3n) is 3.96. The average Bonchev–Trinajstić information content (AvgIpc) is 2.64. The number of amides is 2. The zero-order valence-electron chi connectivity index (χ0n) is 15.5. The summed E-state index contributed by atoms with van der Waals surface area (Å²) in [7, 11) is 0. The molecule has 2 aromatic rings. The van der Waals surface area contributed by atoms with Crippen molar-refractivity contribution >= 4 is 17.5 Å². The largest absolute Gasteiger partial charge is 0.483 e. The molecule has 8 heteroatoms. The molecule has 0 fully saturated rings. The molecule has 0 spiro atoms. The summed E-state index contributed by atoms with van der Waals surface area (Å²) in [5.41, 5.74) is 0.349. The summed E-state index contributed by atoms with van der Waals surface area (Å²) in [5, 5.41) is 2.58. The standard InChI is InChI=1S/C20H21F3N2O3/c1-3-25(14(2)26)12-15-7-6-8-16(11-15)24-19(27)13-28-18-10-5-4-9-17(18)20(21,22)23/h4-11H,3,12-13H2,1-2H3,(H,24,27). The van der Waals surface area contributed by atoms with Crippen LogP contribution in [0.3, 0.4) is 0 Å². The molecule has 0 aromatic heterocycles. The van der Waals surface area contributed by atoms with E-state index in [1.165, 1.54) is 19.1 Å². The lowest BCUT2D eigenvalue weighted by Crippen LogP contribution is -2.27. The molecule has 150 valence electrons. The molecular weight excluding hydrogens is 373 g/mol. The number of para-hydroxylation sites is 1. The van der Waals surface area contributed by atoms with Crippen molar-refractivity contribution in [1.82, 2.24) is 4.90 Å². The fourth-order valence-electron chi connectivity index (χ4n) is 2.58. The molecule has 0 unspecified atom stereocenters. The summed E-state index contributed by atoms with van der Waals surface area (Å²) < 4.78 is 43.9. The van der Waals surface area contributed by atoms with E-state index < -0.39 is 30.0 Å². The van der Waals surface area contributed by atoms with Gasteiger partial charge in [-0.1, -0.05) is 24.3 Å². The maximum Gasteiger partial charge on any atom is 0.419 e. The van der Waals surface area contributed by atoms with Gasteiger partial charge in [-0.05, 0) is 36.8 Å². The lowest BCUT2D eigenvalue weighted by molar-refractivity contribution is -0.139. The van der Waals surface area contributed by atoms with E-state index >= 15 is 0 Å². The van der Waals surface area contributed by atoms with E-state index in [2.05, 4.69) is 5.32 Å². The highest BCUT2D eigenvalue weighted by atomic mass is 19.4. The van der Waals surface area contributed by atoms with Crippen molar-refractivity contribution in [3.05, 3.63) is 59.7 Å². The van der Waals surface area contributed by atoms with Crippen molar-refractivity contribution in [1.29, 1.82) is 0 Å². The highest BCUT2D eigenvalue weighted by Gasteiger charge is 2.34. The van der Waals surface area contributed by atoms with E-state index in [1.54, 1.807) is 23.1 Å². The van der Waals surface area contributed by atoms with Crippen molar-refractivity contribution in [2.24, 2.45) is 0 Å². The third-order valence-corrected chi connectivity index (χ3v) is 3.96. The second kappa shape index (κ2) is 9.25.